The first kappa shape index (κ1) is 20.6. The third-order valence-corrected chi connectivity index (χ3v) is 6.31. The molecule has 158 valence electrons. The van der Waals surface area contributed by atoms with Crippen LogP contribution in [0.15, 0.2) is 48.5 Å². The molecule has 2 amide bonds. The Morgan fingerprint density at radius 2 is 1.27 bits per heavy atom. The predicted octanol–water partition coefficient (Wildman–Crippen LogP) is 3.97. The Bertz CT molecular complexity index is 868. The van der Waals surface area contributed by atoms with E-state index < -0.39 is 0 Å². The van der Waals surface area contributed by atoms with Crippen LogP contribution in [0.4, 0.5) is 5.69 Å². The number of rotatable bonds is 8. The molecule has 4 rings (SSSR count). The summed E-state index contributed by atoms with van der Waals surface area (Å²) in [6, 6.07) is 15.7. The minimum absolute atomic E-state index is 0.137. The predicted molar refractivity (Wildman–Crippen MR) is 120 cm³/mol. The summed E-state index contributed by atoms with van der Waals surface area (Å²) in [5.74, 6) is -0.274. The van der Waals surface area contributed by atoms with Gasteiger partial charge in [-0.3, -0.25) is 19.4 Å². The van der Waals surface area contributed by atoms with Crippen LogP contribution in [0.3, 0.4) is 0 Å². The van der Waals surface area contributed by atoms with E-state index in [1.807, 2.05) is 12.1 Å². The molecule has 5 heteroatoms. The Hall–Kier alpha value is -2.66. The summed E-state index contributed by atoms with van der Waals surface area (Å²) in [7, 11) is 0. The highest BCUT2D eigenvalue weighted by Gasteiger charge is 2.34. The molecule has 0 atom stereocenters. The van der Waals surface area contributed by atoms with Crippen molar-refractivity contribution in [3.05, 3.63) is 65.2 Å². The molecule has 0 bridgehead atoms. The van der Waals surface area contributed by atoms with Crippen molar-refractivity contribution in [3.8, 4) is 0 Å². The second kappa shape index (κ2) is 9.43. The molecule has 2 aliphatic heterocycles. The Labute approximate surface area is 179 Å². The maximum absolute atomic E-state index is 12.4. The van der Waals surface area contributed by atoms with Crippen molar-refractivity contribution in [2.45, 2.75) is 32.6 Å². The molecule has 30 heavy (non-hydrogen) atoms. The number of benzene rings is 2. The number of imide groups is 1. The van der Waals surface area contributed by atoms with Crippen LogP contribution in [-0.4, -0.2) is 60.9 Å². The smallest absolute Gasteiger partial charge is 0.261 e. The lowest BCUT2D eigenvalue weighted by Crippen LogP contribution is -2.46. The summed E-state index contributed by atoms with van der Waals surface area (Å²) >= 11 is 0. The van der Waals surface area contributed by atoms with Crippen molar-refractivity contribution in [3.63, 3.8) is 0 Å². The maximum atomic E-state index is 12.4. The number of carbonyl (C=O) groups excluding carboxylic acids is 2. The van der Waals surface area contributed by atoms with Gasteiger partial charge in [0.15, 0.2) is 0 Å². The fourth-order valence-electron chi connectivity index (χ4n) is 4.53. The Morgan fingerprint density at radius 3 is 1.90 bits per heavy atom. The van der Waals surface area contributed by atoms with Gasteiger partial charge in [0.25, 0.3) is 11.8 Å². The average Bonchev–Trinajstić information content (AvgIpc) is 3.02. The molecule has 1 saturated heterocycles. The van der Waals surface area contributed by atoms with E-state index >= 15 is 0 Å². The number of carbonyl (C=O) groups is 2. The SMILES string of the molecule is Cc1ccccc1N1CCN(CCCCCCN2C(=O)c3ccccc3C2=O)CC1. The molecule has 2 aromatic carbocycles. The summed E-state index contributed by atoms with van der Waals surface area (Å²) in [6.45, 7) is 8.25. The minimum atomic E-state index is -0.137. The molecule has 0 aliphatic carbocycles. The van der Waals surface area contributed by atoms with E-state index in [1.54, 1.807) is 12.1 Å². The Balaban J connectivity index is 1.12. The third kappa shape index (κ3) is 4.41. The van der Waals surface area contributed by atoms with Gasteiger partial charge in [0, 0.05) is 38.4 Å². The maximum Gasteiger partial charge on any atom is 0.261 e. The number of unbranched alkanes of at least 4 members (excludes halogenated alkanes) is 3. The first-order valence-corrected chi connectivity index (χ1v) is 11.1. The quantitative estimate of drug-likeness (QED) is 0.492. The summed E-state index contributed by atoms with van der Waals surface area (Å²) < 4.78 is 0. The number of amides is 2. The van der Waals surface area contributed by atoms with E-state index in [0.717, 1.165) is 52.0 Å². The van der Waals surface area contributed by atoms with Gasteiger partial charge in [0.05, 0.1) is 11.1 Å². The van der Waals surface area contributed by atoms with E-state index in [4.69, 9.17) is 0 Å². The van der Waals surface area contributed by atoms with Gasteiger partial charge >= 0.3 is 0 Å². The van der Waals surface area contributed by atoms with Crippen molar-refractivity contribution in [2.75, 3.05) is 44.2 Å². The van der Waals surface area contributed by atoms with Crippen LogP contribution in [0, 0.1) is 6.92 Å². The van der Waals surface area contributed by atoms with E-state index in [1.165, 1.54) is 22.6 Å². The van der Waals surface area contributed by atoms with Gasteiger partial charge in [-0.2, -0.15) is 0 Å². The summed E-state index contributed by atoms with van der Waals surface area (Å²) in [5, 5.41) is 0. The highest BCUT2D eigenvalue weighted by Crippen LogP contribution is 2.23. The lowest BCUT2D eigenvalue weighted by atomic mass is 10.1. The lowest BCUT2D eigenvalue weighted by molar-refractivity contribution is 0.0651. The Morgan fingerprint density at radius 1 is 0.700 bits per heavy atom. The number of nitrogens with zero attached hydrogens (tertiary/aromatic N) is 3. The standard InChI is InChI=1S/C25H31N3O2/c1-20-10-4-7-13-23(20)27-18-16-26(17-19-27)14-8-2-3-9-15-28-24(29)21-11-5-6-12-22(21)25(28)30/h4-7,10-13H,2-3,8-9,14-19H2,1H3. The molecule has 2 aliphatic rings. The highest BCUT2D eigenvalue weighted by molar-refractivity contribution is 6.21. The van der Waals surface area contributed by atoms with Crippen LogP contribution in [0.2, 0.25) is 0 Å². The van der Waals surface area contributed by atoms with E-state index in [-0.39, 0.29) is 11.8 Å². The normalized spacial score (nSPS) is 17.0. The second-order valence-electron chi connectivity index (χ2n) is 8.34. The number of piperazine rings is 1. The molecule has 0 unspecified atom stereocenters. The molecular formula is C25H31N3O2. The molecule has 0 saturated carbocycles. The number of hydrogen-bond donors (Lipinski definition) is 0. The molecule has 5 nitrogen and oxygen atoms in total. The highest BCUT2D eigenvalue weighted by atomic mass is 16.2. The van der Waals surface area contributed by atoms with Crippen molar-refractivity contribution in [1.82, 2.24) is 9.80 Å². The number of anilines is 1. The Kier molecular flexibility index (Phi) is 6.48. The number of para-hydroxylation sites is 1. The molecule has 0 spiro atoms. The zero-order valence-corrected chi connectivity index (χ0v) is 17.8. The number of hydrogen-bond acceptors (Lipinski definition) is 4. The van der Waals surface area contributed by atoms with Gasteiger partial charge in [-0.15, -0.1) is 0 Å². The summed E-state index contributed by atoms with van der Waals surface area (Å²) in [5.41, 5.74) is 3.81. The van der Waals surface area contributed by atoms with E-state index in [9.17, 15) is 9.59 Å². The van der Waals surface area contributed by atoms with E-state index in [0.29, 0.717) is 17.7 Å². The molecule has 1 fully saturated rings. The van der Waals surface area contributed by atoms with Crippen molar-refractivity contribution >= 4 is 17.5 Å². The second-order valence-corrected chi connectivity index (χ2v) is 8.34. The van der Waals surface area contributed by atoms with Gasteiger partial charge in [-0.05, 0) is 50.1 Å². The topological polar surface area (TPSA) is 43.9 Å². The molecule has 2 heterocycles. The molecular weight excluding hydrogens is 374 g/mol. The largest absolute Gasteiger partial charge is 0.369 e. The fourth-order valence-corrected chi connectivity index (χ4v) is 4.53. The zero-order chi connectivity index (χ0) is 20.9. The van der Waals surface area contributed by atoms with Crippen LogP contribution < -0.4 is 4.90 Å². The zero-order valence-electron chi connectivity index (χ0n) is 17.8. The lowest BCUT2D eigenvalue weighted by Gasteiger charge is -2.36. The van der Waals surface area contributed by atoms with Crippen LogP contribution in [-0.2, 0) is 0 Å². The van der Waals surface area contributed by atoms with Crippen LogP contribution in [0.1, 0.15) is 52.0 Å². The fraction of sp³-hybridized carbons (Fsp3) is 0.440. The third-order valence-electron chi connectivity index (χ3n) is 6.31. The minimum Gasteiger partial charge on any atom is -0.369 e. The van der Waals surface area contributed by atoms with Crippen LogP contribution >= 0.6 is 0 Å². The molecule has 0 N–H and O–H groups in total. The van der Waals surface area contributed by atoms with Gasteiger partial charge in [-0.25, -0.2) is 0 Å². The summed E-state index contributed by atoms with van der Waals surface area (Å²) in [6.07, 6.45) is 4.25. The van der Waals surface area contributed by atoms with Crippen LogP contribution in [0.25, 0.3) is 0 Å². The van der Waals surface area contributed by atoms with Gasteiger partial charge in [-0.1, -0.05) is 43.2 Å². The summed E-state index contributed by atoms with van der Waals surface area (Å²) in [4.78, 5) is 31.2. The molecule has 0 aromatic heterocycles. The van der Waals surface area contributed by atoms with Crippen molar-refractivity contribution < 1.29 is 9.59 Å². The first-order chi connectivity index (χ1) is 14.6. The molecule has 0 radical (unpaired) electrons. The molecule has 2 aromatic rings. The van der Waals surface area contributed by atoms with E-state index in [2.05, 4.69) is 41.0 Å². The van der Waals surface area contributed by atoms with Gasteiger partial charge < -0.3 is 4.90 Å². The number of aryl methyl sites for hydroxylation is 1. The first-order valence-electron chi connectivity index (χ1n) is 11.1. The van der Waals surface area contributed by atoms with Crippen molar-refractivity contribution in [2.24, 2.45) is 0 Å². The van der Waals surface area contributed by atoms with Crippen LogP contribution in [0.5, 0.6) is 0 Å². The van der Waals surface area contributed by atoms with Crippen molar-refractivity contribution in [1.29, 1.82) is 0 Å². The average molecular weight is 406 g/mol. The monoisotopic (exact) mass is 405 g/mol. The van der Waals surface area contributed by atoms with Gasteiger partial charge in [0.2, 0.25) is 0 Å². The van der Waals surface area contributed by atoms with Gasteiger partial charge in [0.1, 0.15) is 0 Å². The number of fused-ring (bicyclic) bond motifs is 1.